The smallest absolute Gasteiger partial charge is 0.126 e. The van der Waals surface area contributed by atoms with Gasteiger partial charge in [0, 0.05) is 0 Å². The Morgan fingerprint density at radius 2 is 1.56 bits per heavy atom. The van der Waals surface area contributed by atoms with Gasteiger partial charge in [0.25, 0.3) is 0 Å². The third-order valence-corrected chi connectivity index (χ3v) is 2.62. The zero-order chi connectivity index (χ0) is 12.2. The highest BCUT2D eigenvalue weighted by molar-refractivity contribution is 5.35. The predicted octanol–water partition coefficient (Wildman–Crippen LogP) is 2.96. The molecule has 1 N–H and O–H groups in total. The van der Waals surface area contributed by atoms with Crippen LogP contribution in [0.15, 0.2) is 18.2 Å². The van der Waals surface area contributed by atoms with Gasteiger partial charge in [0.05, 0.1) is 6.61 Å². The highest BCUT2D eigenvalue weighted by Gasteiger charge is 2.18. The molecule has 1 aromatic carbocycles. The zero-order valence-corrected chi connectivity index (χ0v) is 10.7. The highest BCUT2D eigenvalue weighted by Crippen LogP contribution is 2.22. The van der Waals surface area contributed by atoms with E-state index in [0.29, 0.717) is 0 Å². The van der Waals surface area contributed by atoms with Crippen LogP contribution in [0.25, 0.3) is 0 Å². The number of benzene rings is 1. The molecule has 16 heavy (non-hydrogen) atoms. The molecule has 0 saturated carbocycles. The van der Waals surface area contributed by atoms with Crippen molar-refractivity contribution < 1.29 is 9.84 Å². The molecule has 0 aromatic heterocycles. The second-order valence-corrected chi connectivity index (χ2v) is 4.71. The van der Waals surface area contributed by atoms with E-state index in [2.05, 4.69) is 32.0 Å². The van der Waals surface area contributed by atoms with E-state index >= 15 is 0 Å². The lowest BCUT2D eigenvalue weighted by atomic mass is 10.1. The molecule has 0 fully saturated rings. The number of hydrogen-bond acceptors (Lipinski definition) is 2. The number of ether oxygens (including phenoxy) is 1. The molecule has 2 heteroatoms. The second-order valence-electron chi connectivity index (χ2n) is 4.71. The van der Waals surface area contributed by atoms with Crippen molar-refractivity contribution in [2.75, 3.05) is 6.61 Å². The van der Waals surface area contributed by atoms with E-state index in [4.69, 9.17) is 4.74 Å². The molecule has 1 aromatic rings. The minimum atomic E-state index is -0.516. The van der Waals surface area contributed by atoms with Crippen LogP contribution in [0.5, 0.6) is 5.75 Å². The molecule has 0 saturated heterocycles. The summed E-state index contributed by atoms with van der Waals surface area (Å²) in [5, 5.41) is 9.18. The van der Waals surface area contributed by atoms with Crippen LogP contribution < -0.4 is 4.74 Å². The molecule has 0 radical (unpaired) electrons. The van der Waals surface area contributed by atoms with Crippen LogP contribution in [0.2, 0.25) is 0 Å². The van der Waals surface area contributed by atoms with Gasteiger partial charge >= 0.3 is 0 Å². The Labute approximate surface area is 98.3 Å². The summed E-state index contributed by atoms with van der Waals surface area (Å²) in [7, 11) is 0. The second kappa shape index (κ2) is 5.35. The first-order valence-electron chi connectivity index (χ1n) is 5.93. The SMILES string of the molecule is CCc1cc(CC)cc(OC(C)(C)CO)c1. The largest absolute Gasteiger partial charge is 0.485 e. The summed E-state index contributed by atoms with van der Waals surface area (Å²) in [5.74, 6) is 0.857. The van der Waals surface area contributed by atoms with Gasteiger partial charge in [-0.15, -0.1) is 0 Å². The molecule has 0 amide bonds. The van der Waals surface area contributed by atoms with E-state index in [9.17, 15) is 5.11 Å². The van der Waals surface area contributed by atoms with Gasteiger partial charge in [0.1, 0.15) is 11.4 Å². The fourth-order valence-corrected chi connectivity index (χ4v) is 1.55. The molecule has 0 bridgehead atoms. The fourth-order valence-electron chi connectivity index (χ4n) is 1.55. The van der Waals surface area contributed by atoms with Crippen molar-refractivity contribution in [3.63, 3.8) is 0 Å². The Bertz CT molecular complexity index is 320. The summed E-state index contributed by atoms with van der Waals surface area (Å²) in [5.41, 5.74) is 2.04. The van der Waals surface area contributed by atoms with Gasteiger partial charge in [-0.2, -0.15) is 0 Å². The molecule has 0 heterocycles. The number of aliphatic hydroxyl groups is 1. The molecule has 0 atom stereocenters. The minimum Gasteiger partial charge on any atom is -0.485 e. The quantitative estimate of drug-likeness (QED) is 0.830. The van der Waals surface area contributed by atoms with E-state index in [1.807, 2.05) is 13.8 Å². The summed E-state index contributed by atoms with van der Waals surface area (Å²) in [6.45, 7) is 8.06. The first-order valence-corrected chi connectivity index (χ1v) is 5.93. The molecule has 0 unspecified atom stereocenters. The van der Waals surface area contributed by atoms with Crippen LogP contribution in [0.4, 0.5) is 0 Å². The van der Waals surface area contributed by atoms with Crippen LogP contribution in [0.3, 0.4) is 0 Å². The van der Waals surface area contributed by atoms with Crippen molar-refractivity contribution in [3.05, 3.63) is 29.3 Å². The van der Waals surface area contributed by atoms with Gasteiger partial charge in [-0.05, 0) is 49.9 Å². The molecular formula is C14H22O2. The van der Waals surface area contributed by atoms with Gasteiger partial charge in [0.15, 0.2) is 0 Å². The lowest BCUT2D eigenvalue weighted by Gasteiger charge is -2.24. The Kier molecular flexibility index (Phi) is 4.36. The lowest BCUT2D eigenvalue weighted by Crippen LogP contribution is -2.32. The highest BCUT2D eigenvalue weighted by atomic mass is 16.5. The van der Waals surface area contributed by atoms with E-state index < -0.39 is 5.60 Å². The predicted molar refractivity (Wildman–Crippen MR) is 67.0 cm³/mol. The molecule has 1 rings (SSSR count). The number of hydrogen-bond donors (Lipinski definition) is 1. The third kappa shape index (κ3) is 3.53. The molecule has 0 aliphatic heterocycles. The van der Waals surface area contributed by atoms with Crippen molar-refractivity contribution >= 4 is 0 Å². The van der Waals surface area contributed by atoms with Crippen molar-refractivity contribution in [2.45, 2.75) is 46.1 Å². The van der Waals surface area contributed by atoms with Crippen molar-refractivity contribution in [2.24, 2.45) is 0 Å². The van der Waals surface area contributed by atoms with Crippen molar-refractivity contribution in [1.82, 2.24) is 0 Å². The van der Waals surface area contributed by atoms with Gasteiger partial charge in [-0.3, -0.25) is 0 Å². The summed E-state index contributed by atoms with van der Waals surface area (Å²) in [4.78, 5) is 0. The standard InChI is InChI=1S/C14H22O2/c1-5-11-7-12(6-2)9-13(8-11)16-14(3,4)10-15/h7-9,15H,5-6,10H2,1-4H3. The van der Waals surface area contributed by atoms with Crippen LogP contribution >= 0.6 is 0 Å². The van der Waals surface area contributed by atoms with Gasteiger partial charge in [-0.1, -0.05) is 19.9 Å². The van der Waals surface area contributed by atoms with Crippen LogP contribution in [0, 0.1) is 0 Å². The Morgan fingerprint density at radius 3 is 1.94 bits per heavy atom. The minimum absolute atomic E-state index is 0.0187. The van der Waals surface area contributed by atoms with E-state index in [-0.39, 0.29) is 6.61 Å². The Morgan fingerprint density at radius 1 is 1.06 bits per heavy atom. The third-order valence-electron chi connectivity index (χ3n) is 2.62. The molecular weight excluding hydrogens is 200 g/mol. The normalized spacial score (nSPS) is 11.6. The summed E-state index contributed by atoms with van der Waals surface area (Å²) in [6.07, 6.45) is 2.01. The maximum atomic E-state index is 9.18. The van der Waals surface area contributed by atoms with Crippen LogP contribution in [0.1, 0.15) is 38.8 Å². The number of aliphatic hydroxyl groups excluding tert-OH is 1. The summed E-state index contributed by atoms with van der Waals surface area (Å²) >= 11 is 0. The number of aryl methyl sites for hydroxylation is 2. The monoisotopic (exact) mass is 222 g/mol. The Balaban J connectivity index is 2.95. The lowest BCUT2D eigenvalue weighted by molar-refractivity contribution is 0.0411. The summed E-state index contributed by atoms with van der Waals surface area (Å²) in [6, 6.07) is 6.31. The Hall–Kier alpha value is -1.02. The molecule has 0 aliphatic carbocycles. The topological polar surface area (TPSA) is 29.5 Å². The van der Waals surface area contributed by atoms with Crippen LogP contribution in [-0.2, 0) is 12.8 Å². The molecule has 0 spiro atoms. The number of rotatable bonds is 5. The van der Waals surface area contributed by atoms with E-state index in [1.54, 1.807) is 0 Å². The molecule has 2 nitrogen and oxygen atoms in total. The van der Waals surface area contributed by atoms with Gasteiger partial charge in [0.2, 0.25) is 0 Å². The zero-order valence-electron chi connectivity index (χ0n) is 10.7. The van der Waals surface area contributed by atoms with Crippen LogP contribution in [-0.4, -0.2) is 17.3 Å². The van der Waals surface area contributed by atoms with E-state index in [0.717, 1.165) is 18.6 Å². The van der Waals surface area contributed by atoms with Crippen molar-refractivity contribution in [3.8, 4) is 5.75 Å². The van der Waals surface area contributed by atoms with E-state index in [1.165, 1.54) is 11.1 Å². The van der Waals surface area contributed by atoms with Gasteiger partial charge < -0.3 is 9.84 Å². The first-order chi connectivity index (χ1) is 7.50. The van der Waals surface area contributed by atoms with Gasteiger partial charge in [-0.25, -0.2) is 0 Å². The molecule has 0 aliphatic rings. The maximum Gasteiger partial charge on any atom is 0.126 e. The molecule has 90 valence electrons. The average Bonchev–Trinajstić information content (AvgIpc) is 2.28. The first kappa shape index (κ1) is 13.0. The van der Waals surface area contributed by atoms with Crippen molar-refractivity contribution in [1.29, 1.82) is 0 Å². The maximum absolute atomic E-state index is 9.18. The summed E-state index contributed by atoms with van der Waals surface area (Å²) < 4.78 is 5.79. The average molecular weight is 222 g/mol. The fraction of sp³-hybridized carbons (Fsp3) is 0.571.